The lowest BCUT2D eigenvalue weighted by molar-refractivity contribution is 0.00273. The molecule has 0 aromatic heterocycles. The van der Waals surface area contributed by atoms with E-state index < -0.39 is 0 Å². The second-order valence-corrected chi connectivity index (χ2v) is 9.24. The average Bonchev–Trinajstić information content (AvgIpc) is 3.27. The third-order valence-electron chi connectivity index (χ3n) is 7.29. The number of ether oxygens (including phenoxy) is 2. The number of nitrogens with zero attached hydrogens (tertiary/aromatic N) is 2. The molecule has 2 heterocycles. The standard InChI is InChI=1S/C24H39N3O2/c1-19(27-10-12-28-13-11-27)23(16-25)18-29-24-7-6-21-14-20(4-5-22(21)15-24)17-26-8-2-3-9-26/h6-7,15,19-20,23H,2-5,8-14,16-18,25H2,1H3. The minimum atomic E-state index is 0.342. The number of rotatable bonds is 8. The summed E-state index contributed by atoms with van der Waals surface area (Å²) in [5.41, 5.74) is 9.12. The zero-order chi connectivity index (χ0) is 20.1. The summed E-state index contributed by atoms with van der Waals surface area (Å²) in [7, 11) is 0. The second-order valence-electron chi connectivity index (χ2n) is 9.24. The Kier molecular flexibility index (Phi) is 7.46. The molecule has 29 heavy (non-hydrogen) atoms. The van der Waals surface area contributed by atoms with E-state index in [2.05, 4.69) is 34.9 Å². The molecule has 162 valence electrons. The van der Waals surface area contributed by atoms with Crippen LogP contribution in [0.15, 0.2) is 18.2 Å². The van der Waals surface area contributed by atoms with Crippen LogP contribution < -0.4 is 10.5 Å². The molecule has 2 fully saturated rings. The van der Waals surface area contributed by atoms with Gasteiger partial charge in [-0.3, -0.25) is 4.90 Å². The van der Waals surface area contributed by atoms with Crippen LogP contribution in [0.25, 0.3) is 0 Å². The minimum absolute atomic E-state index is 0.342. The zero-order valence-electron chi connectivity index (χ0n) is 18.2. The van der Waals surface area contributed by atoms with E-state index in [4.69, 9.17) is 15.2 Å². The van der Waals surface area contributed by atoms with Crippen molar-refractivity contribution in [2.75, 3.05) is 59.1 Å². The van der Waals surface area contributed by atoms with Crippen molar-refractivity contribution in [3.8, 4) is 5.75 Å². The summed E-state index contributed by atoms with van der Waals surface area (Å²) in [6, 6.07) is 7.19. The van der Waals surface area contributed by atoms with Crippen LogP contribution in [0.5, 0.6) is 5.75 Å². The zero-order valence-corrected chi connectivity index (χ0v) is 18.2. The topological polar surface area (TPSA) is 51.0 Å². The van der Waals surface area contributed by atoms with Crippen LogP contribution in [-0.4, -0.2) is 74.9 Å². The molecule has 5 nitrogen and oxygen atoms in total. The quantitative estimate of drug-likeness (QED) is 0.726. The number of nitrogens with two attached hydrogens (primary N) is 1. The summed E-state index contributed by atoms with van der Waals surface area (Å²) >= 11 is 0. The van der Waals surface area contributed by atoms with E-state index in [9.17, 15) is 0 Å². The SMILES string of the molecule is CC(C(CN)COc1ccc2c(c1)CCC(CN1CCCC1)C2)N1CCOCC1. The Morgan fingerprint density at radius 3 is 2.69 bits per heavy atom. The molecule has 0 radical (unpaired) electrons. The molecule has 0 amide bonds. The Balaban J connectivity index is 1.29. The van der Waals surface area contributed by atoms with Crippen LogP contribution in [0.2, 0.25) is 0 Å². The molecule has 2 saturated heterocycles. The highest BCUT2D eigenvalue weighted by atomic mass is 16.5. The maximum Gasteiger partial charge on any atom is 0.119 e. The first-order chi connectivity index (χ1) is 14.2. The van der Waals surface area contributed by atoms with Gasteiger partial charge in [0.05, 0.1) is 19.8 Å². The van der Waals surface area contributed by atoms with Crippen molar-refractivity contribution in [1.29, 1.82) is 0 Å². The molecule has 2 N–H and O–H groups in total. The van der Waals surface area contributed by atoms with E-state index in [-0.39, 0.29) is 0 Å². The van der Waals surface area contributed by atoms with E-state index in [1.807, 2.05) is 0 Å². The Hall–Kier alpha value is -1.14. The van der Waals surface area contributed by atoms with Gasteiger partial charge in [0.25, 0.3) is 0 Å². The fourth-order valence-corrected chi connectivity index (χ4v) is 5.27. The summed E-state index contributed by atoms with van der Waals surface area (Å²) in [5.74, 6) is 2.17. The van der Waals surface area contributed by atoms with Crippen molar-refractivity contribution in [3.05, 3.63) is 29.3 Å². The second kappa shape index (κ2) is 10.3. The molecule has 3 unspecified atom stereocenters. The fourth-order valence-electron chi connectivity index (χ4n) is 5.27. The van der Waals surface area contributed by atoms with Crippen LogP contribution in [0.1, 0.15) is 37.3 Å². The molecule has 1 aromatic rings. The number of hydrogen-bond acceptors (Lipinski definition) is 5. The summed E-state index contributed by atoms with van der Waals surface area (Å²) in [5, 5.41) is 0. The first-order valence-corrected chi connectivity index (χ1v) is 11.7. The monoisotopic (exact) mass is 401 g/mol. The van der Waals surface area contributed by atoms with E-state index in [1.54, 1.807) is 0 Å². The van der Waals surface area contributed by atoms with Gasteiger partial charge in [-0.2, -0.15) is 0 Å². The highest BCUT2D eigenvalue weighted by molar-refractivity contribution is 5.37. The van der Waals surface area contributed by atoms with Crippen molar-refractivity contribution >= 4 is 0 Å². The summed E-state index contributed by atoms with van der Waals surface area (Å²) in [4.78, 5) is 5.15. The largest absolute Gasteiger partial charge is 0.493 e. The molecule has 0 saturated carbocycles. The van der Waals surface area contributed by atoms with E-state index in [0.29, 0.717) is 25.1 Å². The lowest BCUT2D eigenvalue weighted by Crippen LogP contribution is -2.48. The molecule has 4 rings (SSSR count). The van der Waals surface area contributed by atoms with Gasteiger partial charge in [-0.15, -0.1) is 0 Å². The normalized spacial score (nSPS) is 25.5. The van der Waals surface area contributed by atoms with Gasteiger partial charge in [0, 0.05) is 31.6 Å². The van der Waals surface area contributed by atoms with Crippen LogP contribution in [0.4, 0.5) is 0 Å². The van der Waals surface area contributed by atoms with Gasteiger partial charge in [0.2, 0.25) is 0 Å². The molecule has 1 aliphatic carbocycles. The summed E-state index contributed by atoms with van der Waals surface area (Å²) in [6.45, 7) is 11.2. The van der Waals surface area contributed by atoms with Gasteiger partial charge >= 0.3 is 0 Å². The smallest absolute Gasteiger partial charge is 0.119 e. The van der Waals surface area contributed by atoms with Crippen molar-refractivity contribution in [2.24, 2.45) is 17.6 Å². The Morgan fingerprint density at radius 1 is 1.14 bits per heavy atom. The first kappa shape index (κ1) is 21.1. The van der Waals surface area contributed by atoms with E-state index in [0.717, 1.165) is 38.0 Å². The van der Waals surface area contributed by atoms with Crippen molar-refractivity contribution in [1.82, 2.24) is 9.80 Å². The lowest BCUT2D eigenvalue weighted by atomic mass is 9.83. The van der Waals surface area contributed by atoms with Gasteiger partial charge in [-0.05, 0) is 87.8 Å². The van der Waals surface area contributed by atoms with Gasteiger partial charge < -0.3 is 20.1 Å². The predicted octanol–water partition coefficient (Wildman–Crippen LogP) is 2.56. The number of likely N-dealkylation sites (tertiary alicyclic amines) is 1. The van der Waals surface area contributed by atoms with Crippen molar-refractivity contribution < 1.29 is 9.47 Å². The average molecular weight is 402 g/mol. The molecular formula is C24H39N3O2. The van der Waals surface area contributed by atoms with Crippen LogP contribution in [0.3, 0.4) is 0 Å². The summed E-state index contributed by atoms with van der Waals surface area (Å²) in [6.07, 6.45) is 6.50. The number of benzene rings is 1. The third-order valence-corrected chi connectivity index (χ3v) is 7.29. The summed E-state index contributed by atoms with van der Waals surface area (Å²) < 4.78 is 11.7. The van der Waals surface area contributed by atoms with Crippen molar-refractivity contribution in [2.45, 2.75) is 45.1 Å². The third kappa shape index (κ3) is 5.52. The highest BCUT2D eigenvalue weighted by Crippen LogP contribution is 2.30. The Morgan fingerprint density at radius 2 is 1.93 bits per heavy atom. The highest BCUT2D eigenvalue weighted by Gasteiger charge is 2.26. The maximum absolute atomic E-state index is 6.23. The van der Waals surface area contributed by atoms with Crippen LogP contribution >= 0.6 is 0 Å². The molecule has 2 aliphatic heterocycles. The van der Waals surface area contributed by atoms with E-state index >= 15 is 0 Å². The minimum Gasteiger partial charge on any atom is -0.493 e. The van der Waals surface area contributed by atoms with E-state index in [1.165, 1.54) is 62.9 Å². The van der Waals surface area contributed by atoms with Gasteiger partial charge in [-0.25, -0.2) is 0 Å². The van der Waals surface area contributed by atoms with Crippen LogP contribution in [0, 0.1) is 11.8 Å². The van der Waals surface area contributed by atoms with Crippen molar-refractivity contribution in [3.63, 3.8) is 0 Å². The molecule has 0 spiro atoms. The number of fused-ring (bicyclic) bond motifs is 1. The van der Waals surface area contributed by atoms with Gasteiger partial charge in [-0.1, -0.05) is 6.07 Å². The molecule has 0 bridgehead atoms. The first-order valence-electron chi connectivity index (χ1n) is 11.7. The van der Waals surface area contributed by atoms with Gasteiger partial charge in [0.15, 0.2) is 0 Å². The lowest BCUT2D eigenvalue weighted by Gasteiger charge is -2.36. The molecular weight excluding hydrogens is 362 g/mol. The molecule has 3 atom stereocenters. The molecule has 1 aromatic carbocycles. The number of hydrogen-bond donors (Lipinski definition) is 1. The Labute approximate surface area is 176 Å². The number of morpholine rings is 1. The molecule has 5 heteroatoms. The number of aryl methyl sites for hydroxylation is 1. The fraction of sp³-hybridized carbons (Fsp3) is 0.750. The molecule has 3 aliphatic rings. The predicted molar refractivity (Wildman–Crippen MR) is 118 cm³/mol. The maximum atomic E-state index is 6.23. The Bertz CT molecular complexity index is 641. The van der Waals surface area contributed by atoms with Gasteiger partial charge in [0.1, 0.15) is 5.75 Å². The van der Waals surface area contributed by atoms with Crippen LogP contribution in [-0.2, 0) is 17.6 Å².